The molecule has 2 rings (SSSR count). The van der Waals surface area contributed by atoms with E-state index in [9.17, 15) is 0 Å². The third kappa shape index (κ3) is 1.83. The van der Waals surface area contributed by atoms with Crippen LogP contribution in [0.5, 0.6) is 0 Å². The molecule has 0 radical (unpaired) electrons. The highest BCUT2D eigenvalue weighted by atomic mass is 79.9. The first-order chi connectivity index (χ1) is 6.79. The second kappa shape index (κ2) is 4.14. The largest absolute Gasteiger partial charge is 0.383 e. The van der Waals surface area contributed by atoms with Gasteiger partial charge in [-0.05, 0) is 22.0 Å². The monoisotopic (exact) mass is 257 g/mol. The summed E-state index contributed by atoms with van der Waals surface area (Å²) < 4.78 is 6.16. The number of halogens is 1. The van der Waals surface area contributed by atoms with E-state index >= 15 is 0 Å². The molecule has 0 aliphatic carbocycles. The second-order valence-corrected chi connectivity index (χ2v) is 3.92. The molecule has 1 aromatic rings. The van der Waals surface area contributed by atoms with Gasteiger partial charge in [0.2, 0.25) is 0 Å². The zero-order chi connectivity index (χ0) is 9.97. The molecule has 0 amide bonds. The fourth-order valence-corrected chi connectivity index (χ4v) is 1.98. The van der Waals surface area contributed by atoms with Crippen molar-refractivity contribution in [2.24, 2.45) is 0 Å². The standard InChI is InChI=1S/C9H12BrN3O/c10-8-7(1-2-12-9(8)11)13-3-5-14-6-4-13/h1-2H,3-6H2,(H2,11,12). The minimum absolute atomic E-state index is 0.536. The van der Waals surface area contributed by atoms with Crippen molar-refractivity contribution in [2.45, 2.75) is 0 Å². The quantitative estimate of drug-likeness (QED) is 0.824. The Morgan fingerprint density at radius 2 is 2.14 bits per heavy atom. The molecule has 1 fully saturated rings. The fourth-order valence-electron chi connectivity index (χ4n) is 1.50. The lowest BCUT2D eigenvalue weighted by Crippen LogP contribution is -2.36. The Bertz CT molecular complexity index is 326. The van der Waals surface area contributed by atoms with Crippen molar-refractivity contribution < 1.29 is 4.74 Å². The molecule has 1 aromatic heterocycles. The number of ether oxygens (including phenoxy) is 1. The van der Waals surface area contributed by atoms with Crippen molar-refractivity contribution >= 4 is 27.4 Å². The number of rotatable bonds is 1. The van der Waals surface area contributed by atoms with Gasteiger partial charge in [-0.1, -0.05) is 0 Å². The average molecular weight is 258 g/mol. The Morgan fingerprint density at radius 1 is 1.43 bits per heavy atom. The molecule has 0 saturated carbocycles. The van der Waals surface area contributed by atoms with Crippen LogP contribution in [0.4, 0.5) is 11.5 Å². The predicted molar refractivity (Wildman–Crippen MR) is 59.4 cm³/mol. The molecule has 14 heavy (non-hydrogen) atoms. The van der Waals surface area contributed by atoms with Gasteiger partial charge >= 0.3 is 0 Å². The van der Waals surface area contributed by atoms with E-state index in [4.69, 9.17) is 10.5 Å². The molecule has 0 aromatic carbocycles. The Labute approximate surface area is 91.2 Å². The van der Waals surface area contributed by atoms with Crippen molar-refractivity contribution in [1.82, 2.24) is 4.98 Å². The normalized spacial score (nSPS) is 17.1. The van der Waals surface area contributed by atoms with E-state index in [1.54, 1.807) is 6.20 Å². The number of hydrogen-bond donors (Lipinski definition) is 1. The number of hydrogen-bond acceptors (Lipinski definition) is 4. The predicted octanol–water partition coefficient (Wildman–Crippen LogP) is 1.26. The number of nitrogens with zero attached hydrogens (tertiary/aromatic N) is 2. The van der Waals surface area contributed by atoms with Crippen molar-refractivity contribution in [1.29, 1.82) is 0 Å². The van der Waals surface area contributed by atoms with Gasteiger partial charge in [0, 0.05) is 19.3 Å². The zero-order valence-corrected chi connectivity index (χ0v) is 9.33. The molecule has 1 aliphatic heterocycles. The maximum absolute atomic E-state index is 5.71. The van der Waals surface area contributed by atoms with Crippen molar-refractivity contribution in [2.75, 3.05) is 36.9 Å². The number of morpholine rings is 1. The Hall–Kier alpha value is -0.810. The van der Waals surface area contributed by atoms with Crippen LogP contribution in [0.2, 0.25) is 0 Å². The number of pyridine rings is 1. The number of anilines is 2. The minimum atomic E-state index is 0.536. The smallest absolute Gasteiger partial charge is 0.139 e. The SMILES string of the molecule is Nc1nccc(N2CCOCC2)c1Br. The summed E-state index contributed by atoms with van der Waals surface area (Å²) in [5.74, 6) is 0.536. The van der Waals surface area contributed by atoms with Crippen molar-refractivity contribution in [3.8, 4) is 0 Å². The van der Waals surface area contributed by atoms with E-state index < -0.39 is 0 Å². The van der Waals surface area contributed by atoms with E-state index in [-0.39, 0.29) is 0 Å². The third-order valence-electron chi connectivity index (χ3n) is 2.25. The molecule has 5 heteroatoms. The molecular formula is C9H12BrN3O. The van der Waals surface area contributed by atoms with Gasteiger partial charge in [0.25, 0.3) is 0 Å². The van der Waals surface area contributed by atoms with Crippen LogP contribution >= 0.6 is 15.9 Å². The van der Waals surface area contributed by atoms with Crippen molar-refractivity contribution in [3.05, 3.63) is 16.7 Å². The molecule has 2 N–H and O–H groups in total. The Balaban J connectivity index is 2.26. The van der Waals surface area contributed by atoms with Crippen LogP contribution in [0.25, 0.3) is 0 Å². The summed E-state index contributed by atoms with van der Waals surface area (Å²) in [6.45, 7) is 3.35. The molecule has 0 bridgehead atoms. The van der Waals surface area contributed by atoms with Gasteiger partial charge in [-0.3, -0.25) is 0 Å². The molecule has 4 nitrogen and oxygen atoms in total. The number of nitrogen functional groups attached to an aromatic ring is 1. The summed E-state index contributed by atoms with van der Waals surface area (Å²) in [6, 6.07) is 1.96. The number of aromatic nitrogens is 1. The number of nitrogens with two attached hydrogens (primary N) is 1. The maximum atomic E-state index is 5.71. The van der Waals surface area contributed by atoms with Gasteiger partial charge in [-0.15, -0.1) is 0 Å². The van der Waals surface area contributed by atoms with Crippen LogP contribution in [-0.2, 0) is 4.74 Å². The van der Waals surface area contributed by atoms with Gasteiger partial charge in [-0.2, -0.15) is 0 Å². The van der Waals surface area contributed by atoms with Crippen LogP contribution in [0.1, 0.15) is 0 Å². The summed E-state index contributed by atoms with van der Waals surface area (Å²) in [4.78, 5) is 6.25. The maximum Gasteiger partial charge on any atom is 0.139 e. The van der Waals surface area contributed by atoms with Gasteiger partial charge in [-0.25, -0.2) is 4.98 Å². The molecule has 1 saturated heterocycles. The minimum Gasteiger partial charge on any atom is -0.383 e. The molecule has 1 aliphatic rings. The molecule has 2 heterocycles. The summed E-state index contributed by atoms with van der Waals surface area (Å²) >= 11 is 3.45. The lowest BCUT2D eigenvalue weighted by molar-refractivity contribution is 0.122. The van der Waals surface area contributed by atoms with Crippen LogP contribution in [0.15, 0.2) is 16.7 Å². The Kier molecular flexibility index (Phi) is 2.88. The summed E-state index contributed by atoms with van der Waals surface area (Å²) in [7, 11) is 0. The molecule has 0 unspecified atom stereocenters. The second-order valence-electron chi connectivity index (χ2n) is 3.13. The van der Waals surface area contributed by atoms with Crippen LogP contribution in [0.3, 0.4) is 0 Å². The highest BCUT2D eigenvalue weighted by Gasteiger charge is 2.14. The summed E-state index contributed by atoms with van der Waals surface area (Å²) in [6.07, 6.45) is 1.73. The van der Waals surface area contributed by atoms with E-state index in [2.05, 4.69) is 25.8 Å². The van der Waals surface area contributed by atoms with E-state index in [1.165, 1.54) is 0 Å². The van der Waals surface area contributed by atoms with E-state index in [0.29, 0.717) is 5.82 Å². The van der Waals surface area contributed by atoms with Gasteiger partial charge in [0.15, 0.2) is 0 Å². The highest BCUT2D eigenvalue weighted by Crippen LogP contribution is 2.29. The van der Waals surface area contributed by atoms with Gasteiger partial charge in [0.1, 0.15) is 5.82 Å². The first-order valence-corrected chi connectivity index (χ1v) is 5.31. The van der Waals surface area contributed by atoms with Gasteiger partial charge < -0.3 is 15.4 Å². The highest BCUT2D eigenvalue weighted by molar-refractivity contribution is 9.10. The van der Waals surface area contributed by atoms with Crippen LogP contribution in [-0.4, -0.2) is 31.3 Å². The fraction of sp³-hybridized carbons (Fsp3) is 0.444. The molecule has 76 valence electrons. The lowest BCUT2D eigenvalue weighted by atomic mass is 10.3. The van der Waals surface area contributed by atoms with Crippen LogP contribution in [0, 0.1) is 0 Å². The third-order valence-corrected chi connectivity index (χ3v) is 3.06. The molecule has 0 atom stereocenters. The Morgan fingerprint density at radius 3 is 2.86 bits per heavy atom. The lowest BCUT2D eigenvalue weighted by Gasteiger charge is -2.29. The first kappa shape index (κ1) is 9.73. The van der Waals surface area contributed by atoms with Crippen molar-refractivity contribution in [3.63, 3.8) is 0 Å². The summed E-state index contributed by atoms with van der Waals surface area (Å²) in [5, 5.41) is 0. The van der Waals surface area contributed by atoms with E-state index in [0.717, 1.165) is 36.5 Å². The van der Waals surface area contributed by atoms with Gasteiger partial charge in [0.05, 0.1) is 23.4 Å². The summed E-state index contributed by atoms with van der Waals surface area (Å²) in [5.41, 5.74) is 6.81. The topological polar surface area (TPSA) is 51.4 Å². The average Bonchev–Trinajstić information content (AvgIpc) is 2.23. The van der Waals surface area contributed by atoms with Crippen LogP contribution < -0.4 is 10.6 Å². The molecule has 0 spiro atoms. The first-order valence-electron chi connectivity index (χ1n) is 4.51. The van der Waals surface area contributed by atoms with E-state index in [1.807, 2.05) is 6.07 Å². The molecular weight excluding hydrogens is 246 g/mol. The zero-order valence-electron chi connectivity index (χ0n) is 7.74.